The molecule has 0 saturated heterocycles. The average molecular weight is 373 g/mol. The zero-order valence-corrected chi connectivity index (χ0v) is 15.0. The van der Waals surface area contributed by atoms with Gasteiger partial charge in [0.25, 0.3) is 0 Å². The van der Waals surface area contributed by atoms with Gasteiger partial charge in [-0.05, 0) is 54.4 Å². The summed E-state index contributed by atoms with van der Waals surface area (Å²) in [6.45, 7) is 2.27. The molecule has 1 atom stereocenters. The van der Waals surface area contributed by atoms with Gasteiger partial charge in [0.2, 0.25) is 0 Å². The van der Waals surface area contributed by atoms with Crippen molar-refractivity contribution in [1.29, 1.82) is 0 Å². The summed E-state index contributed by atoms with van der Waals surface area (Å²) in [7, 11) is 0. The first-order chi connectivity index (χ1) is 12.6. The summed E-state index contributed by atoms with van der Waals surface area (Å²) in [6, 6.07) is 15.0. The maximum atomic E-state index is 14.6. The summed E-state index contributed by atoms with van der Waals surface area (Å²) in [5, 5.41) is 0.675. The van der Waals surface area contributed by atoms with Gasteiger partial charge in [0.15, 0.2) is 0 Å². The van der Waals surface area contributed by atoms with Crippen LogP contribution in [0.2, 0.25) is 5.02 Å². The molecule has 0 fully saturated rings. The van der Waals surface area contributed by atoms with Gasteiger partial charge in [0, 0.05) is 42.1 Å². The van der Waals surface area contributed by atoms with Gasteiger partial charge < -0.3 is 4.57 Å². The Labute approximate surface area is 156 Å². The monoisotopic (exact) mass is 372 g/mol. The summed E-state index contributed by atoms with van der Waals surface area (Å²) in [4.78, 5) is 2.20. The summed E-state index contributed by atoms with van der Waals surface area (Å²) in [6.07, 6.45) is 2.94. The number of benzene rings is 2. The van der Waals surface area contributed by atoms with E-state index in [1.54, 1.807) is 0 Å². The van der Waals surface area contributed by atoms with E-state index in [0.29, 0.717) is 17.1 Å². The number of rotatable bonds is 3. The van der Waals surface area contributed by atoms with E-state index in [9.17, 15) is 8.78 Å². The average Bonchev–Trinajstić information content (AvgIpc) is 3.00. The molecule has 0 N–H and O–H groups in total. The van der Waals surface area contributed by atoms with Crippen LogP contribution in [-0.2, 0) is 13.1 Å². The molecule has 1 aliphatic heterocycles. The molecule has 5 heteroatoms. The highest BCUT2D eigenvalue weighted by atomic mass is 35.5. The normalized spacial score (nSPS) is 17.7. The highest BCUT2D eigenvalue weighted by Crippen LogP contribution is 2.34. The van der Waals surface area contributed by atoms with Crippen molar-refractivity contribution in [2.24, 2.45) is 0 Å². The van der Waals surface area contributed by atoms with Crippen LogP contribution in [0.25, 0.3) is 0 Å². The van der Waals surface area contributed by atoms with E-state index in [1.165, 1.54) is 12.1 Å². The Balaban J connectivity index is 1.79. The number of hydrogen-bond acceptors (Lipinski definition) is 1. The van der Waals surface area contributed by atoms with E-state index in [0.717, 1.165) is 36.8 Å². The first-order valence-electron chi connectivity index (χ1n) is 8.70. The maximum absolute atomic E-state index is 14.6. The van der Waals surface area contributed by atoms with Crippen LogP contribution in [0.1, 0.15) is 29.3 Å². The van der Waals surface area contributed by atoms with Crippen molar-refractivity contribution >= 4 is 11.6 Å². The second-order valence-corrected chi connectivity index (χ2v) is 7.09. The fourth-order valence-corrected chi connectivity index (χ4v) is 3.97. The highest BCUT2D eigenvalue weighted by molar-refractivity contribution is 6.30. The van der Waals surface area contributed by atoms with Gasteiger partial charge in [-0.25, -0.2) is 8.78 Å². The van der Waals surface area contributed by atoms with Crippen LogP contribution >= 0.6 is 11.6 Å². The Morgan fingerprint density at radius 3 is 2.73 bits per heavy atom. The highest BCUT2D eigenvalue weighted by Gasteiger charge is 2.29. The molecule has 26 heavy (non-hydrogen) atoms. The fraction of sp³-hybridized carbons (Fsp3) is 0.238. The molecule has 0 radical (unpaired) electrons. The molecular formula is C21H19ClF2N2. The standard InChI is InChI=1S/C21H19ClF2N2/c22-16-5-1-4-15(12-16)14-26-11-3-10-25-9-2-6-20(25)21(26)18-13-17(23)7-8-19(18)24/h1-2,4-9,12-13,21H,3,10-11,14H2. The molecule has 4 rings (SSSR count). The lowest BCUT2D eigenvalue weighted by molar-refractivity contribution is 0.216. The number of aromatic nitrogens is 1. The van der Waals surface area contributed by atoms with Crippen LogP contribution in [0.4, 0.5) is 8.78 Å². The molecule has 134 valence electrons. The van der Waals surface area contributed by atoms with E-state index in [4.69, 9.17) is 11.6 Å². The van der Waals surface area contributed by atoms with Gasteiger partial charge in [0.05, 0.1) is 6.04 Å². The lowest BCUT2D eigenvalue weighted by atomic mass is 10.00. The van der Waals surface area contributed by atoms with Gasteiger partial charge in [-0.2, -0.15) is 0 Å². The van der Waals surface area contributed by atoms with Crippen molar-refractivity contribution in [1.82, 2.24) is 9.47 Å². The summed E-state index contributed by atoms with van der Waals surface area (Å²) in [5.41, 5.74) is 2.40. The minimum atomic E-state index is -0.425. The summed E-state index contributed by atoms with van der Waals surface area (Å²) >= 11 is 6.13. The Morgan fingerprint density at radius 2 is 1.88 bits per heavy atom. The molecule has 3 aromatic rings. The Morgan fingerprint density at radius 1 is 1.00 bits per heavy atom. The van der Waals surface area contributed by atoms with Crippen LogP contribution in [0.15, 0.2) is 60.8 Å². The topological polar surface area (TPSA) is 8.17 Å². The molecule has 0 amide bonds. The zero-order chi connectivity index (χ0) is 18.1. The summed E-state index contributed by atoms with van der Waals surface area (Å²) < 4.78 is 30.7. The molecule has 1 aromatic heterocycles. The van der Waals surface area contributed by atoms with E-state index in [1.807, 2.05) is 42.6 Å². The third kappa shape index (κ3) is 3.39. The van der Waals surface area contributed by atoms with Crippen molar-refractivity contribution in [2.45, 2.75) is 25.6 Å². The second-order valence-electron chi connectivity index (χ2n) is 6.65. The number of nitrogens with zero attached hydrogens (tertiary/aromatic N) is 2. The van der Waals surface area contributed by atoms with E-state index in [-0.39, 0.29) is 11.9 Å². The van der Waals surface area contributed by atoms with Crippen LogP contribution in [0.5, 0.6) is 0 Å². The van der Waals surface area contributed by atoms with Crippen molar-refractivity contribution in [2.75, 3.05) is 6.54 Å². The van der Waals surface area contributed by atoms with E-state index >= 15 is 0 Å². The predicted molar refractivity (Wildman–Crippen MR) is 99.1 cm³/mol. The lowest BCUT2D eigenvalue weighted by Gasteiger charge is -2.31. The van der Waals surface area contributed by atoms with Gasteiger partial charge in [-0.1, -0.05) is 23.7 Å². The van der Waals surface area contributed by atoms with Gasteiger partial charge in [-0.3, -0.25) is 4.90 Å². The van der Waals surface area contributed by atoms with Gasteiger partial charge >= 0.3 is 0 Å². The number of aryl methyl sites for hydroxylation is 1. The Hall–Kier alpha value is -2.17. The molecule has 0 bridgehead atoms. The molecule has 0 aliphatic carbocycles. The minimum Gasteiger partial charge on any atom is -0.350 e. The Bertz CT molecular complexity index is 922. The van der Waals surface area contributed by atoms with E-state index in [2.05, 4.69) is 9.47 Å². The van der Waals surface area contributed by atoms with Crippen molar-refractivity contribution < 1.29 is 8.78 Å². The third-order valence-electron chi connectivity index (χ3n) is 4.88. The molecule has 0 saturated carbocycles. The molecule has 2 heterocycles. The number of hydrogen-bond donors (Lipinski definition) is 0. The molecular weight excluding hydrogens is 354 g/mol. The van der Waals surface area contributed by atoms with Crippen LogP contribution in [0.3, 0.4) is 0 Å². The van der Waals surface area contributed by atoms with Gasteiger partial charge in [0.1, 0.15) is 11.6 Å². The Kier molecular flexibility index (Phi) is 4.79. The molecule has 2 nitrogen and oxygen atoms in total. The molecule has 1 unspecified atom stereocenters. The third-order valence-corrected chi connectivity index (χ3v) is 5.12. The lowest BCUT2D eigenvalue weighted by Crippen LogP contribution is -2.30. The molecule has 0 spiro atoms. The molecule has 1 aliphatic rings. The smallest absolute Gasteiger partial charge is 0.128 e. The minimum absolute atomic E-state index is 0.345. The molecule has 2 aromatic carbocycles. The largest absolute Gasteiger partial charge is 0.350 e. The van der Waals surface area contributed by atoms with Crippen LogP contribution in [-0.4, -0.2) is 16.0 Å². The van der Waals surface area contributed by atoms with E-state index < -0.39 is 5.82 Å². The maximum Gasteiger partial charge on any atom is 0.128 e. The predicted octanol–water partition coefficient (Wildman–Crippen LogP) is 5.42. The first-order valence-corrected chi connectivity index (χ1v) is 9.08. The number of halogens is 3. The van der Waals surface area contributed by atoms with Gasteiger partial charge in [-0.15, -0.1) is 0 Å². The quantitative estimate of drug-likeness (QED) is 0.596. The van der Waals surface area contributed by atoms with Crippen molar-refractivity contribution in [3.05, 3.63) is 94.3 Å². The fourth-order valence-electron chi connectivity index (χ4n) is 3.76. The first kappa shape index (κ1) is 17.3. The SMILES string of the molecule is Fc1ccc(F)c(C2c3cccn3CCCN2Cc2cccc(Cl)c2)c1. The van der Waals surface area contributed by atoms with Crippen molar-refractivity contribution in [3.8, 4) is 0 Å². The van der Waals surface area contributed by atoms with Crippen LogP contribution in [0, 0.1) is 11.6 Å². The second kappa shape index (κ2) is 7.22. The zero-order valence-electron chi connectivity index (χ0n) is 14.2. The van der Waals surface area contributed by atoms with Crippen molar-refractivity contribution in [3.63, 3.8) is 0 Å². The number of fused-ring (bicyclic) bond motifs is 1. The van der Waals surface area contributed by atoms with Crippen LogP contribution < -0.4 is 0 Å². The summed E-state index contributed by atoms with van der Waals surface area (Å²) in [5.74, 6) is -0.811.